The molecule has 2 unspecified atom stereocenters. The summed E-state index contributed by atoms with van der Waals surface area (Å²) in [7, 11) is 0. The molecule has 0 aliphatic rings. The Hall–Kier alpha value is -1.63. The van der Waals surface area contributed by atoms with Crippen LogP contribution in [-0.4, -0.2) is 28.0 Å². The Morgan fingerprint density at radius 3 is 2.70 bits per heavy atom. The molecule has 0 spiro atoms. The van der Waals surface area contributed by atoms with Gasteiger partial charge in [0.1, 0.15) is 0 Å². The van der Waals surface area contributed by atoms with Gasteiger partial charge in [-0.15, -0.1) is 11.3 Å². The van der Waals surface area contributed by atoms with E-state index in [9.17, 15) is 9.59 Å². The first-order valence-electron chi connectivity index (χ1n) is 6.60. The van der Waals surface area contributed by atoms with Crippen LogP contribution in [0.2, 0.25) is 0 Å². The maximum atomic E-state index is 11.8. The number of carboxylic acids is 1. The zero-order valence-electron chi connectivity index (χ0n) is 11.8. The third kappa shape index (κ3) is 6.01. The zero-order chi connectivity index (χ0) is 15.1. The number of nitrogens with two attached hydrogens (primary N) is 1. The van der Waals surface area contributed by atoms with E-state index in [0.717, 1.165) is 12.8 Å². The summed E-state index contributed by atoms with van der Waals surface area (Å²) in [6, 6.07) is 0.0273. The lowest BCUT2D eigenvalue weighted by atomic mass is 10.0. The van der Waals surface area contributed by atoms with E-state index in [0.29, 0.717) is 17.2 Å². The molecule has 6 nitrogen and oxygen atoms in total. The SMILES string of the molecule is CC(CCCC(C)C(=O)O)NC(=O)Cc1csc(N)n1. The predicted molar refractivity (Wildman–Crippen MR) is 78.5 cm³/mol. The molecule has 20 heavy (non-hydrogen) atoms. The highest BCUT2D eigenvalue weighted by Crippen LogP contribution is 2.12. The monoisotopic (exact) mass is 299 g/mol. The van der Waals surface area contributed by atoms with E-state index < -0.39 is 5.97 Å². The van der Waals surface area contributed by atoms with Crippen LogP contribution < -0.4 is 11.1 Å². The van der Waals surface area contributed by atoms with Gasteiger partial charge in [0.15, 0.2) is 5.13 Å². The minimum atomic E-state index is -0.775. The van der Waals surface area contributed by atoms with E-state index in [1.807, 2.05) is 6.92 Å². The highest BCUT2D eigenvalue weighted by Gasteiger charge is 2.13. The molecule has 1 aromatic rings. The fourth-order valence-electron chi connectivity index (χ4n) is 1.82. The summed E-state index contributed by atoms with van der Waals surface area (Å²) in [5.74, 6) is -1.20. The number of thiazole rings is 1. The smallest absolute Gasteiger partial charge is 0.306 e. The number of aliphatic carboxylic acids is 1. The second-order valence-electron chi connectivity index (χ2n) is 4.99. The Labute approximate surface area is 122 Å². The minimum Gasteiger partial charge on any atom is -0.481 e. The number of nitrogens with one attached hydrogen (secondary N) is 1. The molecule has 1 amide bonds. The number of carboxylic acid groups (broad SMARTS) is 1. The number of nitrogens with zero attached hydrogens (tertiary/aromatic N) is 1. The van der Waals surface area contributed by atoms with Crippen molar-refractivity contribution in [3.63, 3.8) is 0 Å². The Balaban J connectivity index is 2.23. The van der Waals surface area contributed by atoms with Gasteiger partial charge in [-0.25, -0.2) is 4.98 Å². The van der Waals surface area contributed by atoms with E-state index in [1.54, 1.807) is 12.3 Å². The first kappa shape index (κ1) is 16.4. The Bertz CT molecular complexity index is 461. The van der Waals surface area contributed by atoms with Crippen molar-refractivity contribution in [3.8, 4) is 0 Å². The highest BCUT2D eigenvalue weighted by molar-refractivity contribution is 7.13. The second kappa shape index (κ2) is 7.84. The maximum absolute atomic E-state index is 11.8. The average molecular weight is 299 g/mol. The van der Waals surface area contributed by atoms with E-state index in [1.165, 1.54) is 11.3 Å². The van der Waals surface area contributed by atoms with Crippen LogP contribution in [0, 0.1) is 5.92 Å². The molecule has 1 rings (SSSR count). The number of anilines is 1. The molecule has 1 aromatic heterocycles. The van der Waals surface area contributed by atoms with Crippen LogP contribution in [0.1, 0.15) is 38.8 Å². The summed E-state index contributed by atoms with van der Waals surface area (Å²) in [5.41, 5.74) is 6.18. The summed E-state index contributed by atoms with van der Waals surface area (Å²) in [6.07, 6.45) is 2.39. The predicted octanol–water partition coefficient (Wildman–Crippen LogP) is 1.66. The summed E-state index contributed by atoms with van der Waals surface area (Å²) < 4.78 is 0. The molecule has 0 fully saturated rings. The third-order valence-corrected chi connectivity index (χ3v) is 3.74. The van der Waals surface area contributed by atoms with Gasteiger partial charge in [-0.05, 0) is 19.8 Å². The molecule has 0 aliphatic heterocycles. The number of nitrogen functional groups attached to an aromatic ring is 1. The lowest BCUT2D eigenvalue weighted by Crippen LogP contribution is -2.33. The number of amides is 1. The van der Waals surface area contributed by atoms with Crippen LogP contribution in [0.3, 0.4) is 0 Å². The average Bonchev–Trinajstić information content (AvgIpc) is 2.73. The molecule has 2 atom stereocenters. The lowest BCUT2D eigenvalue weighted by Gasteiger charge is -2.14. The van der Waals surface area contributed by atoms with Crippen LogP contribution in [-0.2, 0) is 16.0 Å². The standard InChI is InChI=1S/C13H21N3O3S/c1-8(12(18)19)4-3-5-9(2)15-11(17)6-10-7-20-13(14)16-10/h7-9H,3-6H2,1-2H3,(H2,14,16)(H,15,17)(H,18,19). The maximum Gasteiger partial charge on any atom is 0.306 e. The van der Waals surface area contributed by atoms with Crippen molar-refractivity contribution >= 4 is 28.3 Å². The van der Waals surface area contributed by atoms with Gasteiger partial charge in [0.05, 0.1) is 18.0 Å². The van der Waals surface area contributed by atoms with Gasteiger partial charge in [-0.2, -0.15) is 0 Å². The number of aromatic nitrogens is 1. The number of rotatable bonds is 8. The van der Waals surface area contributed by atoms with Crippen molar-refractivity contribution in [2.45, 2.75) is 45.6 Å². The molecule has 0 saturated carbocycles. The van der Waals surface area contributed by atoms with Crippen molar-refractivity contribution in [3.05, 3.63) is 11.1 Å². The van der Waals surface area contributed by atoms with Gasteiger partial charge >= 0.3 is 5.97 Å². The number of carbonyl (C=O) groups excluding carboxylic acids is 1. The number of hydrogen-bond donors (Lipinski definition) is 3. The van der Waals surface area contributed by atoms with Crippen molar-refractivity contribution in [1.82, 2.24) is 10.3 Å². The fourth-order valence-corrected chi connectivity index (χ4v) is 2.38. The zero-order valence-corrected chi connectivity index (χ0v) is 12.6. The van der Waals surface area contributed by atoms with Crippen molar-refractivity contribution in [2.24, 2.45) is 5.92 Å². The molecule has 0 aromatic carbocycles. The molecule has 4 N–H and O–H groups in total. The molecule has 0 saturated heterocycles. The van der Waals surface area contributed by atoms with Gasteiger partial charge in [0.2, 0.25) is 5.91 Å². The van der Waals surface area contributed by atoms with Crippen LogP contribution in [0.4, 0.5) is 5.13 Å². The Kier molecular flexibility index (Phi) is 6.44. The molecular formula is C13H21N3O3S. The van der Waals surface area contributed by atoms with Crippen molar-refractivity contribution in [1.29, 1.82) is 0 Å². The van der Waals surface area contributed by atoms with E-state index in [-0.39, 0.29) is 24.3 Å². The topological polar surface area (TPSA) is 105 Å². The van der Waals surface area contributed by atoms with E-state index in [4.69, 9.17) is 10.8 Å². The quantitative estimate of drug-likeness (QED) is 0.677. The van der Waals surface area contributed by atoms with Crippen LogP contribution in [0.5, 0.6) is 0 Å². The molecule has 1 heterocycles. The Morgan fingerprint density at radius 2 is 2.15 bits per heavy atom. The molecule has 7 heteroatoms. The molecule has 0 aliphatic carbocycles. The summed E-state index contributed by atoms with van der Waals surface area (Å²) in [6.45, 7) is 3.61. The number of carbonyl (C=O) groups is 2. The normalized spacial score (nSPS) is 13.7. The van der Waals surface area contributed by atoms with Gasteiger partial charge in [-0.3, -0.25) is 9.59 Å². The molecule has 112 valence electrons. The van der Waals surface area contributed by atoms with Gasteiger partial charge in [0.25, 0.3) is 0 Å². The van der Waals surface area contributed by atoms with Crippen molar-refractivity contribution in [2.75, 3.05) is 5.73 Å². The van der Waals surface area contributed by atoms with Gasteiger partial charge < -0.3 is 16.2 Å². The fraction of sp³-hybridized carbons (Fsp3) is 0.615. The van der Waals surface area contributed by atoms with E-state index in [2.05, 4.69) is 10.3 Å². The van der Waals surface area contributed by atoms with Gasteiger partial charge in [0, 0.05) is 11.4 Å². The van der Waals surface area contributed by atoms with Crippen LogP contribution >= 0.6 is 11.3 Å². The third-order valence-electron chi connectivity index (χ3n) is 3.01. The minimum absolute atomic E-state index is 0.0273. The molecule has 0 radical (unpaired) electrons. The number of hydrogen-bond acceptors (Lipinski definition) is 5. The summed E-state index contributed by atoms with van der Waals surface area (Å²) >= 11 is 1.32. The van der Waals surface area contributed by atoms with E-state index >= 15 is 0 Å². The summed E-state index contributed by atoms with van der Waals surface area (Å²) in [4.78, 5) is 26.5. The molecule has 0 bridgehead atoms. The van der Waals surface area contributed by atoms with Gasteiger partial charge in [-0.1, -0.05) is 13.3 Å². The first-order valence-corrected chi connectivity index (χ1v) is 7.48. The Morgan fingerprint density at radius 1 is 1.45 bits per heavy atom. The van der Waals surface area contributed by atoms with Crippen molar-refractivity contribution < 1.29 is 14.7 Å². The lowest BCUT2D eigenvalue weighted by molar-refractivity contribution is -0.141. The van der Waals surface area contributed by atoms with Crippen LogP contribution in [0.15, 0.2) is 5.38 Å². The van der Waals surface area contributed by atoms with Crippen LogP contribution in [0.25, 0.3) is 0 Å². The highest BCUT2D eigenvalue weighted by atomic mass is 32.1. The molecular weight excluding hydrogens is 278 g/mol. The summed E-state index contributed by atoms with van der Waals surface area (Å²) in [5, 5.41) is 13.9. The first-order chi connectivity index (χ1) is 9.38. The second-order valence-corrected chi connectivity index (χ2v) is 5.88. The largest absolute Gasteiger partial charge is 0.481 e.